The van der Waals surface area contributed by atoms with Crippen molar-refractivity contribution in [1.82, 2.24) is 20.2 Å². The molecule has 242 valence electrons. The maximum Gasteiger partial charge on any atom is 0.265 e. The van der Waals surface area contributed by atoms with Gasteiger partial charge >= 0.3 is 0 Å². The third kappa shape index (κ3) is 5.93. The van der Waals surface area contributed by atoms with Gasteiger partial charge in [-0.1, -0.05) is 64.0 Å². The number of anilines is 1. The minimum atomic E-state index is -3.97. The molecule has 2 unspecified atom stereocenters. The number of carbonyl (C=O) groups is 1. The van der Waals surface area contributed by atoms with Crippen molar-refractivity contribution in [3.63, 3.8) is 0 Å². The summed E-state index contributed by atoms with van der Waals surface area (Å²) in [4.78, 5) is 20.4. The zero-order valence-electron chi connectivity index (χ0n) is 25.2. The molecule has 0 radical (unpaired) electrons. The quantitative estimate of drug-likeness (QED) is 0.161. The summed E-state index contributed by atoms with van der Waals surface area (Å²) in [5.74, 6) is 0.658. The van der Waals surface area contributed by atoms with E-state index in [9.17, 15) is 13.2 Å². The number of nitrogens with one attached hydrogen (secondary N) is 2. The summed E-state index contributed by atoms with van der Waals surface area (Å²) >= 11 is 14.7. The molecule has 3 aliphatic rings. The van der Waals surface area contributed by atoms with Crippen LogP contribution in [0.4, 0.5) is 5.13 Å². The lowest BCUT2D eigenvalue weighted by Gasteiger charge is -2.39. The van der Waals surface area contributed by atoms with E-state index in [1.54, 1.807) is 47.7 Å². The second-order valence-corrected chi connectivity index (χ2v) is 16.0. The fraction of sp³-hybridized carbons (Fsp3) is 0.324. The third-order valence-electron chi connectivity index (χ3n) is 9.41. The maximum atomic E-state index is 12.9. The summed E-state index contributed by atoms with van der Waals surface area (Å²) in [6.45, 7) is 0.627. The number of piperidine rings is 1. The first-order chi connectivity index (χ1) is 22.7. The first-order valence-corrected chi connectivity index (χ1v) is 18.8. The van der Waals surface area contributed by atoms with Crippen LogP contribution in [0.1, 0.15) is 66.1 Å². The molecular weight excluding hydrogens is 677 g/mol. The summed E-state index contributed by atoms with van der Waals surface area (Å²) in [6, 6.07) is 19.5. The molecule has 9 nitrogen and oxygen atoms in total. The molecule has 8 rings (SSSR count). The topological polar surface area (TPSA) is 117 Å². The molecule has 0 spiro atoms. The van der Waals surface area contributed by atoms with Crippen LogP contribution in [-0.2, 0) is 16.6 Å². The fourth-order valence-corrected chi connectivity index (χ4v) is 9.71. The summed E-state index contributed by atoms with van der Waals surface area (Å²) in [5.41, 5.74) is 3.54. The van der Waals surface area contributed by atoms with Gasteiger partial charge in [0.15, 0.2) is 5.13 Å². The van der Waals surface area contributed by atoms with E-state index in [0.29, 0.717) is 46.2 Å². The molecule has 3 fully saturated rings. The van der Waals surface area contributed by atoms with Gasteiger partial charge in [0.2, 0.25) is 0 Å². The maximum absolute atomic E-state index is 12.9. The largest absolute Gasteiger partial charge is 0.360 e. The summed E-state index contributed by atoms with van der Waals surface area (Å²) < 4.78 is 34.3. The predicted octanol–water partition coefficient (Wildman–Crippen LogP) is 7.54. The van der Waals surface area contributed by atoms with E-state index in [-0.39, 0.29) is 10.5 Å². The molecule has 1 saturated carbocycles. The Hall–Kier alpha value is -3.48. The highest BCUT2D eigenvalue weighted by Crippen LogP contribution is 2.46. The van der Waals surface area contributed by atoms with Crippen molar-refractivity contribution in [2.45, 2.75) is 74.0 Å². The molecule has 2 atom stereocenters. The molecule has 2 bridgehead atoms. The van der Waals surface area contributed by atoms with E-state index in [0.717, 1.165) is 70.9 Å². The lowest BCUT2D eigenvalue weighted by molar-refractivity contribution is 0.0981. The fourth-order valence-electron chi connectivity index (χ4n) is 6.99. The number of hydrogen-bond donors (Lipinski definition) is 2. The molecule has 1 aliphatic carbocycles. The van der Waals surface area contributed by atoms with Gasteiger partial charge in [0, 0.05) is 47.3 Å². The van der Waals surface area contributed by atoms with Gasteiger partial charge in [-0.15, -0.1) is 0 Å². The number of hydrogen-bond acceptors (Lipinski definition) is 9. The van der Waals surface area contributed by atoms with Gasteiger partial charge in [0.1, 0.15) is 11.5 Å². The molecular formula is C34H31Cl2N5O4S2. The van der Waals surface area contributed by atoms with Gasteiger partial charge in [-0.05, 0) is 81.0 Å². The van der Waals surface area contributed by atoms with Crippen molar-refractivity contribution in [2.24, 2.45) is 0 Å². The number of amides is 1. The molecule has 2 aromatic heterocycles. The van der Waals surface area contributed by atoms with Crippen molar-refractivity contribution in [3.05, 3.63) is 93.7 Å². The minimum absolute atomic E-state index is 0.0399. The summed E-state index contributed by atoms with van der Waals surface area (Å²) in [5, 5.41) is 10.3. The monoisotopic (exact) mass is 707 g/mol. The molecule has 13 heteroatoms. The van der Waals surface area contributed by atoms with E-state index in [1.807, 2.05) is 18.2 Å². The molecule has 2 saturated heterocycles. The first kappa shape index (κ1) is 30.8. The highest BCUT2D eigenvalue weighted by atomic mass is 35.5. The second kappa shape index (κ2) is 12.2. The zero-order valence-corrected chi connectivity index (χ0v) is 28.3. The van der Waals surface area contributed by atoms with E-state index in [1.165, 1.54) is 12.1 Å². The first-order valence-electron chi connectivity index (χ1n) is 15.7. The molecule has 2 aliphatic heterocycles. The lowest BCUT2D eigenvalue weighted by atomic mass is 9.97. The van der Waals surface area contributed by atoms with Crippen molar-refractivity contribution in [2.75, 3.05) is 4.90 Å². The smallest absolute Gasteiger partial charge is 0.265 e. The van der Waals surface area contributed by atoms with Gasteiger partial charge in [0.05, 0.1) is 25.2 Å². The van der Waals surface area contributed by atoms with E-state index >= 15 is 0 Å². The Kier molecular flexibility index (Phi) is 8.00. The van der Waals surface area contributed by atoms with Crippen LogP contribution >= 0.6 is 34.5 Å². The molecule has 4 heterocycles. The zero-order chi connectivity index (χ0) is 32.3. The van der Waals surface area contributed by atoms with Gasteiger partial charge in [0.25, 0.3) is 15.9 Å². The summed E-state index contributed by atoms with van der Waals surface area (Å²) in [6.07, 6.45) is 6.33. The molecule has 5 aromatic rings. The van der Waals surface area contributed by atoms with Crippen molar-refractivity contribution in [3.8, 4) is 11.3 Å². The highest BCUT2D eigenvalue weighted by Gasteiger charge is 2.42. The van der Waals surface area contributed by atoms with Crippen LogP contribution in [0, 0.1) is 0 Å². The van der Waals surface area contributed by atoms with Gasteiger partial charge in [-0.25, -0.2) is 18.1 Å². The Morgan fingerprint density at radius 2 is 1.68 bits per heavy atom. The highest BCUT2D eigenvalue weighted by molar-refractivity contribution is 7.90. The van der Waals surface area contributed by atoms with Crippen molar-refractivity contribution >= 4 is 65.8 Å². The molecule has 47 heavy (non-hydrogen) atoms. The second-order valence-electron chi connectivity index (χ2n) is 12.5. The lowest BCUT2D eigenvalue weighted by Crippen LogP contribution is -2.49. The number of thiazole rings is 1. The van der Waals surface area contributed by atoms with E-state index in [2.05, 4.69) is 20.1 Å². The predicted molar refractivity (Wildman–Crippen MR) is 184 cm³/mol. The summed E-state index contributed by atoms with van der Waals surface area (Å²) in [7, 11) is -3.97. The number of benzene rings is 3. The SMILES string of the molecule is O=C(NS(=O)(=O)c1ccccc1)c1ccc2nc(N3C4CCC3CC(NCc3c(-c5c(Cl)cccc5Cl)noc3C3CC3)C4)sc2c1. The number of carbonyl (C=O) groups excluding carboxylic acids is 1. The molecule has 1 amide bonds. The van der Waals surface area contributed by atoms with Crippen LogP contribution < -0.4 is 14.9 Å². The number of halogens is 2. The Bertz CT molecular complexity index is 2060. The van der Waals surface area contributed by atoms with Gasteiger partial charge in [-0.3, -0.25) is 4.79 Å². The van der Waals surface area contributed by atoms with E-state index < -0.39 is 15.9 Å². The minimum Gasteiger partial charge on any atom is -0.360 e. The van der Waals surface area contributed by atoms with E-state index in [4.69, 9.17) is 32.7 Å². The Balaban J connectivity index is 0.970. The van der Waals surface area contributed by atoms with Crippen LogP contribution in [0.5, 0.6) is 0 Å². The normalized spacial score (nSPS) is 21.0. The Morgan fingerprint density at radius 1 is 0.957 bits per heavy atom. The number of sulfonamides is 1. The van der Waals surface area contributed by atoms with Gasteiger partial charge in [-0.2, -0.15) is 0 Å². The van der Waals surface area contributed by atoms with Crippen LogP contribution in [0.15, 0.2) is 76.1 Å². The average molecular weight is 709 g/mol. The Labute approximate surface area is 286 Å². The van der Waals surface area contributed by atoms with Crippen molar-refractivity contribution in [1.29, 1.82) is 0 Å². The van der Waals surface area contributed by atoms with Crippen LogP contribution in [0.25, 0.3) is 21.5 Å². The molecule has 2 N–H and O–H groups in total. The standard InChI is InChI=1S/C34H31Cl2N5O4S2/c35-26-7-4-8-27(36)30(26)31-25(32(45-39-31)19-9-10-19)18-37-21-16-22-12-13-23(17-21)41(22)34-38-28-14-11-20(15-29(28)46-34)33(42)40-47(43,44)24-5-2-1-3-6-24/h1-8,11,14-15,19,21-23,37H,9-10,12-13,16-18H2,(H,40,42). The number of fused-ring (bicyclic) bond motifs is 3. The number of nitrogens with zero attached hydrogens (tertiary/aromatic N) is 3. The molecule has 3 aromatic carbocycles. The average Bonchev–Trinajstić information content (AvgIpc) is 3.59. The van der Waals surface area contributed by atoms with Crippen LogP contribution in [-0.4, -0.2) is 42.6 Å². The number of rotatable bonds is 9. The van der Waals surface area contributed by atoms with Crippen LogP contribution in [0.2, 0.25) is 10.0 Å². The third-order valence-corrected chi connectivity index (χ3v) is 12.4. The van der Waals surface area contributed by atoms with Crippen molar-refractivity contribution < 1.29 is 17.7 Å². The Morgan fingerprint density at radius 3 is 2.38 bits per heavy atom. The van der Waals surface area contributed by atoms with Crippen LogP contribution in [0.3, 0.4) is 0 Å². The number of aromatic nitrogens is 2. The van der Waals surface area contributed by atoms with Gasteiger partial charge < -0.3 is 14.7 Å².